The van der Waals surface area contributed by atoms with E-state index in [-0.39, 0.29) is 5.91 Å². The molecule has 0 aromatic heterocycles. The monoisotopic (exact) mass is 283 g/mol. The van der Waals surface area contributed by atoms with Gasteiger partial charge in [-0.25, -0.2) is 0 Å². The van der Waals surface area contributed by atoms with Gasteiger partial charge in [0, 0.05) is 19.1 Å². The Labute approximate surface area is 122 Å². The quantitative estimate of drug-likeness (QED) is 0.727. The van der Waals surface area contributed by atoms with Crippen LogP contribution in [0.25, 0.3) is 0 Å². The minimum absolute atomic E-state index is 0.256. The van der Waals surface area contributed by atoms with Crippen LogP contribution in [0.1, 0.15) is 46.5 Å². The maximum Gasteiger partial charge on any atom is 0.237 e. The van der Waals surface area contributed by atoms with Gasteiger partial charge in [-0.15, -0.1) is 0 Å². The number of hydrogen-bond donors (Lipinski definition) is 2. The summed E-state index contributed by atoms with van der Waals surface area (Å²) in [5.74, 6) is -0.256. The number of carbonyl (C=O) groups is 1. The number of rotatable bonds is 7. The first kappa shape index (κ1) is 15.7. The summed E-state index contributed by atoms with van der Waals surface area (Å²) in [7, 11) is 0. The number of morpholine rings is 1. The van der Waals surface area contributed by atoms with Gasteiger partial charge in [0.1, 0.15) is 0 Å². The van der Waals surface area contributed by atoms with Crippen molar-refractivity contribution in [2.75, 3.05) is 19.6 Å². The number of hydrogen-bond acceptors (Lipinski definition) is 4. The SMILES string of the molecule is CCCNC(C)(CC(C)N1CC2CCC(C1)O2)C(N)=O. The molecule has 5 heteroatoms. The Morgan fingerprint density at radius 1 is 1.45 bits per heavy atom. The standard InChI is InChI=1S/C15H29N3O2/c1-4-7-17-15(3,14(16)19)8-11(2)18-9-12-5-6-13(10-18)20-12/h11-13,17H,4-10H2,1-3H3,(H2,16,19). The zero-order valence-corrected chi connectivity index (χ0v) is 13.0. The number of primary amides is 1. The molecule has 2 aliphatic rings. The van der Waals surface area contributed by atoms with Crippen molar-refractivity contribution in [2.45, 2.75) is 70.2 Å². The Hall–Kier alpha value is -0.650. The Bertz CT molecular complexity index is 338. The average Bonchev–Trinajstić information content (AvgIpc) is 2.74. The predicted octanol–water partition coefficient (Wildman–Crippen LogP) is 0.872. The summed E-state index contributed by atoms with van der Waals surface area (Å²) >= 11 is 0. The molecular weight excluding hydrogens is 254 g/mol. The molecule has 2 bridgehead atoms. The molecule has 0 saturated carbocycles. The van der Waals surface area contributed by atoms with Crippen LogP contribution in [0.2, 0.25) is 0 Å². The molecule has 2 heterocycles. The molecule has 0 spiro atoms. The van der Waals surface area contributed by atoms with Gasteiger partial charge in [0.2, 0.25) is 5.91 Å². The lowest BCUT2D eigenvalue weighted by atomic mass is 9.91. The van der Waals surface area contributed by atoms with E-state index in [4.69, 9.17) is 10.5 Å². The second-order valence-corrected chi connectivity index (χ2v) is 6.59. The largest absolute Gasteiger partial charge is 0.372 e. The van der Waals surface area contributed by atoms with Gasteiger partial charge in [0.05, 0.1) is 17.7 Å². The van der Waals surface area contributed by atoms with E-state index < -0.39 is 5.54 Å². The number of amides is 1. The first-order valence-electron chi connectivity index (χ1n) is 7.89. The van der Waals surface area contributed by atoms with Gasteiger partial charge in [0.25, 0.3) is 0 Å². The minimum Gasteiger partial charge on any atom is -0.372 e. The van der Waals surface area contributed by atoms with Gasteiger partial charge >= 0.3 is 0 Å². The molecule has 20 heavy (non-hydrogen) atoms. The van der Waals surface area contributed by atoms with Crippen molar-refractivity contribution in [1.29, 1.82) is 0 Å². The van der Waals surface area contributed by atoms with Crippen LogP contribution in [0, 0.1) is 0 Å². The lowest BCUT2D eigenvalue weighted by Crippen LogP contribution is -2.58. The van der Waals surface area contributed by atoms with Crippen molar-refractivity contribution in [2.24, 2.45) is 5.73 Å². The Kier molecular flexibility index (Phi) is 5.04. The van der Waals surface area contributed by atoms with E-state index in [0.717, 1.165) is 32.5 Å². The predicted molar refractivity (Wildman–Crippen MR) is 79.4 cm³/mol. The lowest BCUT2D eigenvalue weighted by molar-refractivity contribution is -0.125. The highest BCUT2D eigenvalue weighted by molar-refractivity contribution is 5.84. The molecule has 0 aliphatic carbocycles. The smallest absolute Gasteiger partial charge is 0.237 e. The maximum absolute atomic E-state index is 11.8. The zero-order chi connectivity index (χ0) is 14.8. The number of nitrogens with one attached hydrogen (secondary N) is 1. The normalized spacial score (nSPS) is 30.9. The molecule has 5 nitrogen and oxygen atoms in total. The third-order valence-corrected chi connectivity index (χ3v) is 4.71. The van der Waals surface area contributed by atoms with Gasteiger partial charge < -0.3 is 15.8 Å². The van der Waals surface area contributed by atoms with Crippen LogP contribution in [0.4, 0.5) is 0 Å². The highest BCUT2D eigenvalue weighted by atomic mass is 16.5. The highest BCUT2D eigenvalue weighted by Gasteiger charge is 2.39. The minimum atomic E-state index is -0.618. The number of fused-ring (bicyclic) bond motifs is 2. The summed E-state index contributed by atoms with van der Waals surface area (Å²) in [6.45, 7) is 9.01. The number of ether oxygens (including phenoxy) is 1. The molecule has 0 radical (unpaired) electrons. The summed E-state index contributed by atoms with van der Waals surface area (Å²) in [5, 5.41) is 3.32. The van der Waals surface area contributed by atoms with Crippen molar-refractivity contribution in [3.05, 3.63) is 0 Å². The van der Waals surface area contributed by atoms with Crippen molar-refractivity contribution >= 4 is 5.91 Å². The Morgan fingerprint density at radius 3 is 2.55 bits per heavy atom. The number of nitrogens with zero attached hydrogens (tertiary/aromatic N) is 1. The van der Waals surface area contributed by atoms with Crippen molar-refractivity contribution < 1.29 is 9.53 Å². The van der Waals surface area contributed by atoms with E-state index in [2.05, 4.69) is 24.1 Å². The molecule has 2 rings (SSSR count). The summed E-state index contributed by atoms with van der Waals surface area (Å²) in [6.07, 6.45) is 4.88. The third kappa shape index (κ3) is 3.51. The molecule has 116 valence electrons. The molecule has 0 aromatic carbocycles. The molecular formula is C15H29N3O2. The average molecular weight is 283 g/mol. The van der Waals surface area contributed by atoms with Crippen molar-refractivity contribution in [1.82, 2.24) is 10.2 Å². The van der Waals surface area contributed by atoms with E-state index in [1.54, 1.807) is 0 Å². The van der Waals surface area contributed by atoms with Crippen LogP contribution in [-0.2, 0) is 9.53 Å². The first-order chi connectivity index (χ1) is 9.44. The molecule has 2 saturated heterocycles. The Balaban J connectivity index is 1.94. The summed E-state index contributed by atoms with van der Waals surface area (Å²) in [5.41, 5.74) is 4.99. The zero-order valence-electron chi connectivity index (χ0n) is 13.0. The molecule has 0 aromatic rings. The summed E-state index contributed by atoms with van der Waals surface area (Å²) < 4.78 is 5.87. The van der Waals surface area contributed by atoms with Crippen molar-refractivity contribution in [3.8, 4) is 0 Å². The van der Waals surface area contributed by atoms with Crippen LogP contribution in [-0.4, -0.2) is 54.2 Å². The van der Waals surface area contributed by atoms with Crippen LogP contribution in [0.3, 0.4) is 0 Å². The molecule has 2 aliphatic heterocycles. The van der Waals surface area contributed by atoms with Gasteiger partial charge in [-0.3, -0.25) is 9.69 Å². The second-order valence-electron chi connectivity index (χ2n) is 6.59. The fourth-order valence-corrected chi connectivity index (χ4v) is 3.39. The van der Waals surface area contributed by atoms with E-state index in [1.165, 1.54) is 12.8 Å². The van der Waals surface area contributed by atoms with Gasteiger partial charge in [-0.05, 0) is 46.1 Å². The van der Waals surface area contributed by atoms with Gasteiger partial charge in [0.15, 0.2) is 0 Å². The summed E-state index contributed by atoms with van der Waals surface area (Å²) in [4.78, 5) is 14.3. The topological polar surface area (TPSA) is 67.6 Å². The third-order valence-electron chi connectivity index (χ3n) is 4.71. The van der Waals surface area contributed by atoms with Gasteiger partial charge in [-0.2, -0.15) is 0 Å². The van der Waals surface area contributed by atoms with Gasteiger partial charge in [-0.1, -0.05) is 6.92 Å². The lowest BCUT2D eigenvalue weighted by Gasteiger charge is -2.40. The van der Waals surface area contributed by atoms with Crippen LogP contribution < -0.4 is 11.1 Å². The summed E-state index contributed by atoms with van der Waals surface area (Å²) in [6, 6.07) is 0.337. The molecule has 3 N–H and O–H groups in total. The molecule has 4 atom stereocenters. The van der Waals surface area contributed by atoms with Crippen LogP contribution >= 0.6 is 0 Å². The second kappa shape index (κ2) is 6.41. The maximum atomic E-state index is 11.8. The Morgan fingerprint density at radius 2 is 2.05 bits per heavy atom. The molecule has 4 unspecified atom stereocenters. The highest BCUT2D eigenvalue weighted by Crippen LogP contribution is 2.29. The van der Waals surface area contributed by atoms with Crippen molar-refractivity contribution in [3.63, 3.8) is 0 Å². The number of nitrogens with two attached hydrogens (primary N) is 1. The first-order valence-corrected chi connectivity index (χ1v) is 7.89. The number of carbonyl (C=O) groups excluding carboxylic acids is 1. The van der Waals surface area contributed by atoms with Crippen LogP contribution in [0.5, 0.6) is 0 Å². The molecule has 2 fully saturated rings. The number of likely N-dealkylation sites (tertiary alicyclic amines) is 1. The fourth-order valence-electron chi connectivity index (χ4n) is 3.39. The van der Waals surface area contributed by atoms with E-state index in [9.17, 15) is 4.79 Å². The molecule has 1 amide bonds. The fraction of sp³-hybridized carbons (Fsp3) is 0.933. The van der Waals surface area contributed by atoms with Crippen LogP contribution in [0.15, 0.2) is 0 Å². The van der Waals surface area contributed by atoms with E-state index >= 15 is 0 Å². The van der Waals surface area contributed by atoms with E-state index in [1.807, 2.05) is 6.92 Å². The van der Waals surface area contributed by atoms with E-state index in [0.29, 0.717) is 18.2 Å².